The molecule has 78 valence electrons. The number of rotatable bonds is 2. The minimum absolute atomic E-state index is 0.508. The third-order valence-electron chi connectivity index (χ3n) is 2.43. The predicted octanol–water partition coefficient (Wildman–Crippen LogP) is 2.88. The highest BCUT2D eigenvalue weighted by Gasteiger charge is 2.12. The summed E-state index contributed by atoms with van der Waals surface area (Å²) in [7, 11) is 0. The molecule has 16 heavy (non-hydrogen) atoms. The highest BCUT2D eigenvalue weighted by molar-refractivity contribution is 7.15. The van der Waals surface area contributed by atoms with E-state index in [9.17, 15) is 4.79 Å². The van der Waals surface area contributed by atoms with E-state index in [1.54, 1.807) is 0 Å². The van der Waals surface area contributed by atoms with Gasteiger partial charge in [0, 0.05) is 17.1 Å². The van der Waals surface area contributed by atoms with Crippen LogP contribution in [0, 0.1) is 0 Å². The quantitative estimate of drug-likeness (QED) is 0.632. The lowest BCUT2D eigenvalue weighted by atomic mass is 10.2. The molecule has 0 N–H and O–H groups in total. The molecule has 0 saturated heterocycles. The largest absolute Gasteiger partial charge is 0.296 e. The van der Waals surface area contributed by atoms with Crippen LogP contribution in [0.2, 0.25) is 0 Å². The third-order valence-corrected chi connectivity index (χ3v) is 3.31. The molecule has 0 amide bonds. The van der Waals surface area contributed by atoms with Crippen molar-refractivity contribution in [2.45, 2.75) is 0 Å². The van der Waals surface area contributed by atoms with E-state index in [2.05, 4.69) is 4.98 Å². The van der Waals surface area contributed by atoms with Gasteiger partial charge < -0.3 is 0 Å². The Morgan fingerprint density at radius 1 is 1.25 bits per heavy atom. The summed E-state index contributed by atoms with van der Waals surface area (Å²) in [4.78, 5) is 16.1. The molecular weight excluding hydrogens is 220 g/mol. The summed E-state index contributed by atoms with van der Waals surface area (Å²) in [5.74, 6) is 0.818. The average molecular weight is 228 g/mol. The highest BCUT2D eigenvalue weighted by Crippen LogP contribution is 2.24. The smallest absolute Gasteiger partial charge is 0.171 e. The van der Waals surface area contributed by atoms with Gasteiger partial charge in [-0.15, -0.1) is 11.3 Å². The zero-order chi connectivity index (χ0) is 11.0. The topological polar surface area (TPSA) is 34.4 Å². The number of thiazole rings is 1. The molecule has 0 fully saturated rings. The number of carbonyl (C=O) groups is 1. The van der Waals surface area contributed by atoms with Crippen molar-refractivity contribution in [1.29, 1.82) is 0 Å². The van der Waals surface area contributed by atoms with Crippen LogP contribution in [0.25, 0.3) is 16.2 Å². The zero-order valence-electron chi connectivity index (χ0n) is 8.33. The molecule has 1 aromatic carbocycles. The minimum Gasteiger partial charge on any atom is -0.296 e. The number of hydrogen-bond acceptors (Lipinski definition) is 3. The molecule has 0 bridgehead atoms. The van der Waals surface area contributed by atoms with Gasteiger partial charge in [0.15, 0.2) is 6.29 Å². The number of aromatic nitrogens is 2. The Bertz CT molecular complexity index is 639. The van der Waals surface area contributed by atoms with Gasteiger partial charge in [-0.05, 0) is 0 Å². The Kier molecular flexibility index (Phi) is 2.08. The van der Waals surface area contributed by atoms with Crippen LogP contribution in [-0.2, 0) is 0 Å². The molecule has 0 spiro atoms. The zero-order valence-corrected chi connectivity index (χ0v) is 9.15. The maximum absolute atomic E-state index is 10.9. The Balaban J connectivity index is 2.32. The molecule has 3 nitrogen and oxygen atoms in total. The number of hydrogen-bond donors (Lipinski definition) is 0. The van der Waals surface area contributed by atoms with E-state index in [0.717, 1.165) is 22.5 Å². The second-order valence-corrected chi connectivity index (χ2v) is 4.28. The molecule has 4 heteroatoms. The van der Waals surface area contributed by atoms with Gasteiger partial charge in [-0.25, -0.2) is 4.98 Å². The SMILES string of the molecule is O=Cc1nc(-c2ccccc2)n2ccsc12. The molecule has 0 aliphatic carbocycles. The highest BCUT2D eigenvalue weighted by atomic mass is 32.1. The lowest BCUT2D eigenvalue weighted by Gasteiger charge is -1.96. The van der Waals surface area contributed by atoms with E-state index in [-0.39, 0.29) is 0 Å². The van der Waals surface area contributed by atoms with Gasteiger partial charge >= 0.3 is 0 Å². The summed E-state index contributed by atoms with van der Waals surface area (Å²) in [6, 6.07) is 9.86. The fourth-order valence-electron chi connectivity index (χ4n) is 1.71. The van der Waals surface area contributed by atoms with E-state index in [4.69, 9.17) is 0 Å². The number of nitrogens with zero attached hydrogens (tertiary/aromatic N) is 2. The van der Waals surface area contributed by atoms with E-state index in [0.29, 0.717) is 5.69 Å². The summed E-state index contributed by atoms with van der Waals surface area (Å²) < 4.78 is 1.95. The van der Waals surface area contributed by atoms with E-state index in [1.807, 2.05) is 46.3 Å². The van der Waals surface area contributed by atoms with Crippen molar-refractivity contribution in [2.24, 2.45) is 0 Å². The normalized spacial score (nSPS) is 10.8. The summed E-state index contributed by atoms with van der Waals surface area (Å²) in [6.07, 6.45) is 2.74. The molecule has 3 rings (SSSR count). The van der Waals surface area contributed by atoms with E-state index >= 15 is 0 Å². The van der Waals surface area contributed by atoms with Crippen LogP contribution >= 0.6 is 11.3 Å². The van der Waals surface area contributed by atoms with Crippen LogP contribution in [0.15, 0.2) is 41.9 Å². The minimum atomic E-state index is 0.508. The first-order chi connectivity index (χ1) is 7.90. The Hall–Kier alpha value is -1.94. The van der Waals surface area contributed by atoms with Crippen LogP contribution in [0.5, 0.6) is 0 Å². The number of fused-ring (bicyclic) bond motifs is 1. The maximum Gasteiger partial charge on any atom is 0.171 e. The number of aldehydes is 1. The van der Waals surface area contributed by atoms with Gasteiger partial charge in [0.2, 0.25) is 0 Å². The first-order valence-corrected chi connectivity index (χ1v) is 5.74. The molecule has 0 atom stereocenters. The predicted molar refractivity (Wildman–Crippen MR) is 63.9 cm³/mol. The van der Waals surface area contributed by atoms with Crippen molar-refractivity contribution in [3.05, 3.63) is 47.6 Å². The number of carbonyl (C=O) groups excluding carboxylic acids is 1. The van der Waals surface area contributed by atoms with Gasteiger partial charge in [-0.2, -0.15) is 0 Å². The lowest BCUT2D eigenvalue weighted by molar-refractivity contribution is 0.112. The number of imidazole rings is 1. The molecule has 0 radical (unpaired) electrons. The van der Waals surface area contributed by atoms with Gasteiger partial charge in [0.25, 0.3) is 0 Å². The standard InChI is InChI=1S/C12H8N2OS/c15-8-10-12-14(6-7-16-12)11(13-10)9-4-2-1-3-5-9/h1-8H. The fraction of sp³-hybridized carbons (Fsp3) is 0. The Labute approximate surface area is 96.0 Å². The second kappa shape index (κ2) is 3.57. The molecule has 0 unspecified atom stereocenters. The summed E-state index contributed by atoms with van der Waals surface area (Å²) in [6.45, 7) is 0. The van der Waals surface area contributed by atoms with Crippen LogP contribution in [0.3, 0.4) is 0 Å². The van der Waals surface area contributed by atoms with Crippen molar-refractivity contribution in [3.63, 3.8) is 0 Å². The molecule has 0 aliphatic heterocycles. The van der Waals surface area contributed by atoms with E-state index in [1.165, 1.54) is 11.3 Å². The molecule has 2 heterocycles. The van der Waals surface area contributed by atoms with Gasteiger partial charge in [-0.3, -0.25) is 9.20 Å². The van der Waals surface area contributed by atoms with Gasteiger partial charge in [0.1, 0.15) is 16.3 Å². The van der Waals surface area contributed by atoms with Crippen molar-refractivity contribution in [1.82, 2.24) is 9.38 Å². The van der Waals surface area contributed by atoms with Gasteiger partial charge in [-0.1, -0.05) is 30.3 Å². The Morgan fingerprint density at radius 2 is 2.06 bits per heavy atom. The molecule has 0 saturated carbocycles. The summed E-state index contributed by atoms with van der Waals surface area (Å²) in [5.41, 5.74) is 1.53. The lowest BCUT2D eigenvalue weighted by Crippen LogP contribution is -1.84. The van der Waals surface area contributed by atoms with Crippen LogP contribution in [0.1, 0.15) is 10.5 Å². The van der Waals surface area contributed by atoms with Crippen LogP contribution in [0.4, 0.5) is 0 Å². The first-order valence-electron chi connectivity index (χ1n) is 4.86. The molecule has 2 aromatic heterocycles. The van der Waals surface area contributed by atoms with Crippen molar-refractivity contribution in [2.75, 3.05) is 0 Å². The average Bonchev–Trinajstić information content (AvgIpc) is 2.91. The van der Waals surface area contributed by atoms with Gasteiger partial charge in [0.05, 0.1) is 0 Å². The van der Waals surface area contributed by atoms with Crippen molar-refractivity contribution < 1.29 is 4.79 Å². The number of benzene rings is 1. The fourth-order valence-corrected chi connectivity index (χ4v) is 2.50. The monoisotopic (exact) mass is 228 g/mol. The van der Waals surface area contributed by atoms with Crippen LogP contribution < -0.4 is 0 Å². The Morgan fingerprint density at radius 3 is 2.81 bits per heavy atom. The van der Waals surface area contributed by atoms with E-state index < -0.39 is 0 Å². The second-order valence-electron chi connectivity index (χ2n) is 3.38. The van der Waals surface area contributed by atoms with Crippen molar-refractivity contribution in [3.8, 4) is 11.4 Å². The third kappa shape index (κ3) is 1.27. The maximum atomic E-state index is 10.9. The molecular formula is C12H8N2OS. The molecule has 0 aliphatic rings. The molecule has 3 aromatic rings. The van der Waals surface area contributed by atoms with Crippen molar-refractivity contribution >= 4 is 22.5 Å². The summed E-state index contributed by atoms with van der Waals surface area (Å²) >= 11 is 1.52. The summed E-state index contributed by atoms with van der Waals surface area (Å²) in [5, 5.41) is 1.95. The van der Waals surface area contributed by atoms with Crippen LogP contribution in [-0.4, -0.2) is 15.7 Å². The first kappa shape index (κ1) is 9.30.